The fourth-order valence-corrected chi connectivity index (χ4v) is 5.03. The van der Waals surface area contributed by atoms with E-state index in [1.165, 1.54) is 18.2 Å². The third kappa shape index (κ3) is 6.76. The van der Waals surface area contributed by atoms with Crippen molar-refractivity contribution in [3.63, 3.8) is 0 Å². The van der Waals surface area contributed by atoms with E-state index in [1.54, 1.807) is 61.7 Å². The van der Waals surface area contributed by atoms with Gasteiger partial charge in [-0.1, -0.05) is 63.1 Å². The third-order valence-electron chi connectivity index (χ3n) is 5.67. The zero-order valence-electron chi connectivity index (χ0n) is 21.0. The lowest BCUT2D eigenvalue weighted by molar-refractivity contribution is -0.113. The largest absolute Gasteiger partial charge is 0.493 e. The van der Waals surface area contributed by atoms with Crippen LogP contribution < -0.4 is 13.8 Å². The van der Waals surface area contributed by atoms with E-state index in [1.807, 2.05) is 19.1 Å². The minimum absolute atomic E-state index is 0.0394. The summed E-state index contributed by atoms with van der Waals surface area (Å²) < 4.78 is 39.0. The van der Waals surface area contributed by atoms with E-state index in [2.05, 4.69) is 6.92 Å². The molecule has 0 saturated carbocycles. The van der Waals surface area contributed by atoms with E-state index in [0.29, 0.717) is 23.7 Å². The first kappa shape index (κ1) is 27.0. The number of amides is 1. The van der Waals surface area contributed by atoms with E-state index >= 15 is 0 Å². The molecule has 0 aliphatic heterocycles. The Balaban J connectivity index is 1.89. The molecule has 0 atom stereocenters. The molecule has 36 heavy (non-hydrogen) atoms. The van der Waals surface area contributed by atoms with Crippen molar-refractivity contribution in [3.05, 3.63) is 90.0 Å². The van der Waals surface area contributed by atoms with E-state index in [9.17, 15) is 13.2 Å². The van der Waals surface area contributed by atoms with Gasteiger partial charge in [0.2, 0.25) is 0 Å². The van der Waals surface area contributed by atoms with Crippen LogP contribution in [0.25, 0.3) is 6.08 Å². The SMILES string of the molecule is CCCCCOc1ccc(/C=C/C(=O)N(c2ccc(CC)cc2)S(=O)(=O)c2ccccc2)cc1OC. The van der Waals surface area contributed by atoms with Gasteiger partial charge in [0.1, 0.15) is 0 Å². The van der Waals surface area contributed by atoms with Crippen LogP contribution in [0.1, 0.15) is 44.2 Å². The van der Waals surface area contributed by atoms with Crippen LogP contribution in [0.4, 0.5) is 5.69 Å². The van der Waals surface area contributed by atoms with Gasteiger partial charge in [-0.25, -0.2) is 8.42 Å². The van der Waals surface area contributed by atoms with Gasteiger partial charge in [-0.15, -0.1) is 0 Å². The molecule has 3 rings (SSSR count). The van der Waals surface area contributed by atoms with Crippen molar-refractivity contribution in [2.75, 3.05) is 18.0 Å². The van der Waals surface area contributed by atoms with Gasteiger partial charge < -0.3 is 9.47 Å². The Morgan fingerprint density at radius 1 is 0.917 bits per heavy atom. The van der Waals surface area contributed by atoms with Gasteiger partial charge >= 0.3 is 0 Å². The molecule has 0 unspecified atom stereocenters. The van der Waals surface area contributed by atoms with E-state index in [0.717, 1.165) is 35.6 Å². The monoisotopic (exact) mass is 507 g/mol. The molecule has 0 heterocycles. The molecule has 0 aliphatic carbocycles. The highest BCUT2D eigenvalue weighted by molar-refractivity contribution is 7.93. The Kier molecular flexibility index (Phi) is 9.70. The lowest BCUT2D eigenvalue weighted by Gasteiger charge is -2.21. The molecule has 0 saturated heterocycles. The van der Waals surface area contributed by atoms with Crippen molar-refractivity contribution in [1.29, 1.82) is 0 Å². The lowest BCUT2D eigenvalue weighted by Crippen LogP contribution is -2.35. The summed E-state index contributed by atoms with van der Waals surface area (Å²) >= 11 is 0. The van der Waals surface area contributed by atoms with Crippen LogP contribution in [-0.4, -0.2) is 28.0 Å². The molecule has 0 spiro atoms. The smallest absolute Gasteiger partial charge is 0.271 e. The van der Waals surface area contributed by atoms with Gasteiger partial charge in [-0.3, -0.25) is 4.79 Å². The molecule has 0 N–H and O–H groups in total. The predicted octanol–water partition coefficient (Wildman–Crippen LogP) is 6.26. The molecule has 0 fully saturated rings. The Labute approximate surface area is 214 Å². The summed E-state index contributed by atoms with van der Waals surface area (Å²) in [5.41, 5.74) is 2.00. The van der Waals surface area contributed by atoms with Crippen LogP contribution in [0.15, 0.2) is 83.8 Å². The van der Waals surface area contributed by atoms with Gasteiger partial charge in [0, 0.05) is 6.08 Å². The van der Waals surface area contributed by atoms with Crippen LogP contribution in [0, 0.1) is 0 Å². The first-order valence-electron chi connectivity index (χ1n) is 12.1. The Bertz CT molecular complexity index is 1270. The zero-order valence-corrected chi connectivity index (χ0v) is 21.8. The predicted molar refractivity (Wildman–Crippen MR) is 144 cm³/mol. The quantitative estimate of drug-likeness (QED) is 0.214. The second-order valence-electron chi connectivity index (χ2n) is 8.24. The molecule has 3 aromatic rings. The summed E-state index contributed by atoms with van der Waals surface area (Å²) in [5.74, 6) is 0.494. The number of hydrogen-bond acceptors (Lipinski definition) is 5. The average molecular weight is 508 g/mol. The molecule has 3 aromatic carbocycles. The number of methoxy groups -OCH3 is 1. The number of carbonyl (C=O) groups excluding carboxylic acids is 1. The summed E-state index contributed by atoms with van der Waals surface area (Å²) in [7, 11) is -2.57. The molecule has 7 heteroatoms. The molecule has 190 valence electrons. The van der Waals surface area contributed by atoms with Crippen LogP contribution in [0.3, 0.4) is 0 Å². The number of anilines is 1. The summed E-state index contributed by atoms with van der Waals surface area (Å²) in [5, 5.41) is 0. The second kappa shape index (κ2) is 12.9. The highest BCUT2D eigenvalue weighted by Crippen LogP contribution is 2.29. The lowest BCUT2D eigenvalue weighted by atomic mass is 10.1. The second-order valence-corrected chi connectivity index (χ2v) is 10.0. The van der Waals surface area contributed by atoms with Crippen molar-refractivity contribution in [2.24, 2.45) is 0 Å². The van der Waals surface area contributed by atoms with Crippen molar-refractivity contribution in [2.45, 2.75) is 44.4 Å². The number of hydrogen-bond donors (Lipinski definition) is 0. The van der Waals surface area contributed by atoms with Gasteiger partial charge in [0.15, 0.2) is 11.5 Å². The average Bonchev–Trinajstić information content (AvgIpc) is 2.91. The fourth-order valence-electron chi connectivity index (χ4n) is 3.63. The molecule has 0 radical (unpaired) electrons. The number of nitrogens with zero attached hydrogens (tertiary/aromatic N) is 1. The summed E-state index contributed by atoms with van der Waals surface area (Å²) in [6.07, 6.45) is 6.79. The van der Waals surface area contributed by atoms with Gasteiger partial charge in [0.25, 0.3) is 15.9 Å². The van der Waals surface area contributed by atoms with Crippen molar-refractivity contribution in [1.82, 2.24) is 0 Å². The maximum absolute atomic E-state index is 13.5. The number of unbranched alkanes of at least 4 members (excludes halogenated alkanes) is 2. The molecule has 0 aliphatic rings. The summed E-state index contributed by atoms with van der Waals surface area (Å²) in [4.78, 5) is 13.4. The number of ether oxygens (including phenoxy) is 2. The van der Waals surface area contributed by atoms with E-state index in [-0.39, 0.29) is 10.6 Å². The van der Waals surface area contributed by atoms with Crippen LogP contribution in [0.2, 0.25) is 0 Å². The Morgan fingerprint density at radius 2 is 1.64 bits per heavy atom. The van der Waals surface area contributed by atoms with Crippen molar-refractivity contribution < 1.29 is 22.7 Å². The Hall–Kier alpha value is -3.58. The molecular formula is C29H33NO5S. The minimum Gasteiger partial charge on any atom is -0.493 e. The number of sulfonamides is 1. The van der Waals surface area contributed by atoms with Gasteiger partial charge in [-0.2, -0.15) is 4.31 Å². The van der Waals surface area contributed by atoms with Crippen molar-refractivity contribution in [3.8, 4) is 11.5 Å². The molecular weight excluding hydrogens is 474 g/mol. The summed E-state index contributed by atoms with van der Waals surface area (Å²) in [6.45, 7) is 4.74. The van der Waals surface area contributed by atoms with Gasteiger partial charge in [0.05, 0.1) is 24.3 Å². The maximum Gasteiger partial charge on any atom is 0.271 e. The summed E-state index contributed by atoms with van der Waals surface area (Å²) in [6, 6.07) is 20.2. The topological polar surface area (TPSA) is 72.9 Å². The maximum atomic E-state index is 13.5. The highest BCUT2D eigenvalue weighted by Gasteiger charge is 2.29. The molecule has 1 amide bonds. The van der Waals surface area contributed by atoms with Crippen molar-refractivity contribution >= 4 is 27.7 Å². The fraction of sp³-hybridized carbons (Fsp3) is 0.276. The zero-order chi connectivity index (χ0) is 26.0. The number of rotatable bonds is 12. The third-order valence-corrected chi connectivity index (χ3v) is 7.41. The van der Waals surface area contributed by atoms with Crippen LogP contribution >= 0.6 is 0 Å². The molecule has 6 nitrogen and oxygen atoms in total. The minimum atomic E-state index is -4.12. The number of aryl methyl sites for hydroxylation is 1. The Morgan fingerprint density at radius 3 is 2.28 bits per heavy atom. The first-order chi connectivity index (χ1) is 17.4. The molecule has 0 aromatic heterocycles. The molecule has 0 bridgehead atoms. The number of benzene rings is 3. The number of carbonyl (C=O) groups is 1. The van der Waals surface area contributed by atoms with Crippen LogP contribution in [0.5, 0.6) is 11.5 Å². The van der Waals surface area contributed by atoms with E-state index < -0.39 is 15.9 Å². The normalized spacial score (nSPS) is 11.4. The van der Waals surface area contributed by atoms with Crippen LogP contribution in [-0.2, 0) is 21.2 Å². The van der Waals surface area contributed by atoms with Gasteiger partial charge in [-0.05, 0) is 66.4 Å². The van der Waals surface area contributed by atoms with E-state index in [4.69, 9.17) is 9.47 Å². The first-order valence-corrected chi connectivity index (χ1v) is 13.6. The standard InChI is InChI=1S/C29H33NO5S/c1-4-6-10-21-35-27-19-15-24(22-28(27)34-3)16-20-29(31)30(25-17-13-23(5-2)14-18-25)36(32,33)26-11-8-7-9-12-26/h7-9,11-20,22H,4-6,10,21H2,1-3H3/b20-16+. The highest BCUT2D eigenvalue weighted by atomic mass is 32.2.